The Bertz CT molecular complexity index is 621. The highest BCUT2D eigenvalue weighted by molar-refractivity contribution is 5.97. The summed E-state index contributed by atoms with van der Waals surface area (Å²) >= 11 is 0. The van der Waals surface area contributed by atoms with Gasteiger partial charge in [0.15, 0.2) is 5.84 Å². The first-order chi connectivity index (χ1) is 9.63. The van der Waals surface area contributed by atoms with Crippen molar-refractivity contribution >= 4 is 11.5 Å². The molecule has 0 saturated heterocycles. The molecule has 0 fully saturated rings. The summed E-state index contributed by atoms with van der Waals surface area (Å²) < 4.78 is 7.02. The number of anilines is 1. The van der Waals surface area contributed by atoms with Gasteiger partial charge in [-0.15, -0.1) is 0 Å². The van der Waals surface area contributed by atoms with Crippen LogP contribution in [0, 0.1) is 0 Å². The number of hydrogen-bond donors (Lipinski definition) is 3. The summed E-state index contributed by atoms with van der Waals surface area (Å²) in [6.45, 7) is 0.543. The van der Waals surface area contributed by atoms with Crippen molar-refractivity contribution in [2.75, 3.05) is 12.4 Å². The smallest absolute Gasteiger partial charge is 0.170 e. The molecule has 0 aliphatic rings. The Morgan fingerprint density at radius 1 is 1.55 bits per heavy atom. The molecule has 1 aromatic carbocycles. The predicted molar refractivity (Wildman–Crippen MR) is 76.0 cm³/mol. The second-order valence-corrected chi connectivity index (χ2v) is 4.27. The molecule has 0 aliphatic carbocycles. The van der Waals surface area contributed by atoms with Gasteiger partial charge in [-0.05, 0) is 18.2 Å². The van der Waals surface area contributed by atoms with E-state index in [1.165, 1.54) is 0 Å². The highest BCUT2D eigenvalue weighted by atomic mass is 16.5. The number of methoxy groups -OCH3 is 1. The normalized spacial score (nSPS) is 11.4. The summed E-state index contributed by atoms with van der Waals surface area (Å²) in [5, 5.41) is 19.0. The van der Waals surface area contributed by atoms with Gasteiger partial charge in [0.25, 0.3) is 0 Å². The predicted octanol–water partition coefficient (Wildman–Crippen LogP) is 1.14. The SMILES string of the molecule is COc1ccc(/C(N)=N/O)cc1CNc1cnn(C)c1. The highest BCUT2D eigenvalue weighted by Crippen LogP contribution is 2.21. The molecule has 2 rings (SSSR count). The molecule has 0 aliphatic heterocycles. The van der Waals surface area contributed by atoms with Crippen LogP contribution in [0.25, 0.3) is 0 Å². The highest BCUT2D eigenvalue weighted by Gasteiger charge is 2.07. The monoisotopic (exact) mass is 275 g/mol. The topological polar surface area (TPSA) is 97.7 Å². The van der Waals surface area contributed by atoms with E-state index in [2.05, 4.69) is 15.6 Å². The molecule has 0 unspecified atom stereocenters. The maximum absolute atomic E-state index is 8.72. The van der Waals surface area contributed by atoms with Gasteiger partial charge in [-0.3, -0.25) is 4.68 Å². The van der Waals surface area contributed by atoms with E-state index in [0.717, 1.165) is 17.0 Å². The number of rotatable bonds is 5. The molecule has 0 spiro atoms. The molecule has 0 amide bonds. The Hall–Kier alpha value is -2.70. The number of nitrogens with one attached hydrogen (secondary N) is 1. The van der Waals surface area contributed by atoms with Crippen LogP contribution in [0.4, 0.5) is 5.69 Å². The van der Waals surface area contributed by atoms with Crippen LogP contribution in [0.1, 0.15) is 11.1 Å². The lowest BCUT2D eigenvalue weighted by atomic mass is 10.1. The molecule has 20 heavy (non-hydrogen) atoms. The van der Waals surface area contributed by atoms with Crippen LogP contribution in [0.5, 0.6) is 5.75 Å². The Morgan fingerprint density at radius 2 is 2.35 bits per heavy atom. The van der Waals surface area contributed by atoms with Crippen LogP contribution in [-0.2, 0) is 13.6 Å². The number of nitrogens with zero attached hydrogens (tertiary/aromatic N) is 3. The van der Waals surface area contributed by atoms with E-state index >= 15 is 0 Å². The fraction of sp³-hybridized carbons (Fsp3) is 0.231. The summed E-state index contributed by atoms with van der Waals surface area (Å²) in [7, 11) is 3.46. The van der Waals surface area contributed by atoms with Gasteiger partial charge in [0.2, 0.25) is 0 Å². The summed E-state index contributed by atoms with van der Waals surface area (Å²) in [4.78, 5) is 0. The molecule has 0 atom stereocenters. The third kappa shape index (κ3) is 3.00. The number of aryl methyl sites for hydroxylation is 1. The van der Waals surface area contributed by atoms with Gasteiger partial charge in [-0.25, -0.2) is 0 Å². The lowest BCUT2D eigenvalue weighted by Crippen LogP contribution is -2.14. The van der Waals surface area contributed by atoms with Gasteiger partial charge in [-0.2, -0.15) is 5.10 Å². The van der Waals surface area contributed by atoms with Crippen LogP contribution in [0.2, 0.25) is 0 Å². The Balaban J connectivity index is 2.20. The van der Waals surface area contributed by atoms with Crippen molar-refractivity contribution in [2.45, 2.75) is 6.54 Å². The first-order valence-corrected chi connectivity index (χ1v) is 6.01. The van der Waals surface area contributed by atoms with Crippen LogP contribution < -0.4 is 15.8 Å². The Morgan fingerprint density at radius 3 is 2.95 bits per heavy atom. The van der Waals surface area contributed by atoms with Crippen molar-refractivity contribution < 1.29 is 9.94 Å². The number of amidine groups is 1. The summed E-state index contributed by atoms with van der Waals surface area (Å²) in [6, 6.07) is 5.34. The van der Waals surface area contributed by atoms with Gasteiger partial charge >= 0.3 is 0 Å². The third-order valence-electron chi connectivity index (χ3n) is 2.87. The molecule has 0 bridgehead atoms. The van der Waals surface area contributed by atoms with E-state index < -0.39 is 0 Å². The van der Waals surface area contributed by atoms with Gasteiger partial charge in [0.1, 0.15) is 5.75 Å². The molecule has 1 aromatic heterocycles. The maximum Gasteiger partial charge on any atom is 0.170 e. The number of aromatic nitrogens is 2. The Labute approximate surface area is 116 Å². The van der Waals surface area contributed by atoms with E-state index in [0.29, 0.717) is 12.1 Å². The molecule has 7 heteroatoms. The number of ether oxygens (including phenoxy) is 1. The number of hydrogen-bond acceptors (Lipinski definition) is 5. The van der Waals surface area contributed by atoms with Crippen LogP contribution in [0.3, 0.4) is 0 Å². The second-order valence-electron chi connectivity index (χ2n) is 4.27. The van der Waals surface area contributed by atoms with E-state index in [1.54, 1.807) is 30.1 Å². The zero-order valence-electron chi connectivity index (χ0n) is 11.4. The van der Waals surface area contributed by atoms with Gasteiger partial charge in [0.05, 0.1) is 19.0 Å². The van der Waals surface area contributed by atoms with Crippen molar-refractivity contribution in [2.24, 2.45) is 17.9 Å². The van der Waals surface area contributed by atoms with Gasteiger partial charge in [0, 0.05) is 30.9 Å². The van der Waals surface area contributed by atoms with E-state index in [1.807, 2.05) is 19.3 Å². The largest absolute Gasteiger partial charge is 0.496 e. The van der Waals surface area contributed by atoms with Crippen LogP contribution in [-0.4, -0.2) is 27.9 Å². The van der Waals surface area contributed by atoms with Crippen molar-refractivity contribution in [3.63, 3.8) is 0 Å². The minimum absolute atomic E-state index is 0.0651. The van der Waals surface area contributed by atoms with Crippen molar-refractivity contribution in [1.29, 1.82) is 0 Å². The van der Waals surface area contributed by atoms with Crippen LogP contribution >= 0.6 is 0 Å². The molecule has 0 saturated carbocycles. The summed E-state index contributed by atoms with van der Waals surface area (Å²) in [5.41, 5.74) is 8.04. The minimum atomic E-state index is 0.0651. The van der Waals surface area contributed by atoms with E-state index in [9.17, 15) is 0 Å². The average Bonchev–Trinajstić information content (AvgIpc) is 2.89. The number of nitrogens with two attached hydrogens (primary N) is 1. The molecular formula is C13H17N5O2. The zero-order chi connectivity index (χ0) is 14.5. The maximum atomic E-state index is 8.72. The summed E-state index contributed by atoms with van der Waals surface area (Å²) in [6.07, 6.45) is 3.61. The second kappa shape index (κ2) is 5.96. The molecule has 2 aromatic rings. The minimum Gasteiger partial charge on any atom is -0.496 e. The fourth-order valence-electron chi connectivity index (χ4n) is 1.84. The molecule has 106 valence electrons. The van der Waals surface area contributed by atoms with Gasteiger partial charge < -0.3 is 21.0 Å². The standard InChI is InChI=1S/C13H17N5O2/c1-18-8-11(7-16-18)15-6-10-5-9(13(14)17-19)3-4-12(10)20-2/h3-5,7-8,15,19H,6H2,1-2H3,(H2,14,17). The number of oxime groups is 1. The van der Waals surface area contributed by atoms with Crippen LogP contribution in [0.15, 0.2) is 35.7 Å². The van der Waals surface area contributed by atoms with Crippen molar-refractivity contribution in [1.82, 2.24) is 9.78 Å². The lowest BCUT2D eigenvalue weighted by molar-refractivity contribution is 0.318. The van der Waals surface area contributed by atoms with Gasteiger partial charge in [-0.1, -0.05) is 5.16 Å². The molecule has 7 nitrogen and oxygen atoms in total. The lowest BCUT2D eigenvalue weighted by Gasteiger charge is -2.11. The number of benzene rings is 1. The van der Waals surface area contributed by atoms with E-state index in [-0.39, 0.29) is 5.84 Å². The average molecular weight is 275 g/mol. The third-order valence-corrected chi connectivity index (χ3v) is 2.87. The molecule has 0 radical (unpaired) electrons. The van der Waals surface area contributed by atoms with Crippen molar-refractivity contribution in [3.8, 4) is 5.75 Å². The Kier molecular flexibility index (Phi) is 4.09. The first kappa shape index (κ1) is 13.7. The van der Waals surface area contributed by atoms with Crippen molar-refractivity contribution in [3.05, 3.63) is 41.7 Å². The first-order valence-electron chi connectivity index (χ1n) is 6.01. The van der Waals surface area contributed by atoms with E-state index in [4.69, 9.17) is 15.7 Å². The zero-order valence-corrected chi connectivity index (χ0v) is 11.4. The molecule has 1 heterocycles. The molecule has 4 N–H and O–H groups in total. The quantitative estimate of drug-likeness (QED) is 0.329. The summed E-state index contributed by atoms with van der Waals surface area (Å²) in [5.74, 6) is 0.797. The fourth-order valence-corrected chi connectivity index (χ4v) is 1.84. The molecular weight excluding hydrogens is 258 g/mol.